The van der Waals surface area contributed by atoms with Gasteiger partial charge in [-0.3, -0.25) is 9.48 Å². The Kier molecular flexibility index (Phi) is 5.72. The van der Waals surface area contributed by atoms with E-state index in [1.165, 1.54) is 11.3 Å². The van der Waals surface area contributed by atoms with Crippen LogP contribution in [0.4, 0.5) is 0 Å². The maximum Gasteiger partial charge on any atom is 0.251 e. The van der Waals surface area contributed by atoms with Crippen molar-refractivity contribution in [2.45, 2.75) is 33.4 Å². The largest absolute Gasteiger partial charge is 0.355 e. The van der Waals surface area contributed by atoms with Gasteiger partial charge in [0.2, 0.25) is 0 Å². The van der Waals surface area contributed by atoms with Crippen molar-refractivity contribution in [3.63, 3.8) is 0 Å². The maximum atomic E-state index is 11.5. The van der Waals surface area contributed by atoms with Crippen molar-refractivity contribution < 1.29 is 4.79 Å². The fourth-order valence-corrected chi connectivity index (χ4v) is 2.41. The number of carbonyl (C=O) groups excluding carboxylic acids is 1. The molecule has 2 aromatic rings. The lowest BCUT2D eigenvalue weighted by molar-refractivity contribution is 0.0963. The number of aromatic nitrogens is 2. The molecule has 0 aliphatic rings. The Morgan fingerprint density at radius 1 is 1.23 bits per heavy atom. The summed E-state index contributed by atoms with van der Waals surface area (Å²) in [6.45, 7) is 6.79. The van der Waals surface area contributed by atoms with Crippen LogP contribution in [0.3, 0.4) is 0 Å². The third-order valence-electron chi connectivity index (χ3n) is 3.60. The SMILES string of the molecule is CNC(=O)c1ccc(CNCCCn2nc(C)cc2C)cc1. The normalized spacial score (nSPS) is 10.7. The monoisotopic (exact) mass is 300 g/mol. The van der Waals surface area contributed by atoms with Crippen LogP contribution in [0.25, 0.3) is 0 Å². The van der Waals surface area contributed by atoms with E-state index in [0.717, 1.165) is 31.7 Å². The summed E-state index contributed by atoms with van der Waals surface area (Å²) in [5.41, 5.74) is 4.15. The van der Waals surface area contributed by atoms with Gasteiger partial charge in [-0.25, -0.2) is 0 Å². The molecule has 0 bridgehead atoms. The molecule has 118 valence electrons. The second-order valence-corrected chi connectivity index (χ2v) is 5.46. The molecule has 0 spiro atoms. The molecular weight excluding hydrogens is 276 g/mol. The number of nitrogens with one attached hydrogen (secondary N) is 2. The summed E-state index contributed by atoms with van der Waals surface area (Å²) in [6.07, 6.45) is 1.04. The predicted octanol–water partition coefficient (Wildman–Crippen LogP) is 2.04. The number of hydrogen-bond donors (Lipinski definition) is 2. The standard InChI is InChI=1S/C17H24N4O/c1-13-11-14(2)21(20-13)10-4-9-19-12-15-5-7-16(8-6-15)17(22)18-3/h5-8,11,19H,4,9-10,12H2,1-3H3,(H,18,22). The highest BCUT2D eigenvalue weighted by molar-refractivity contribution is 5.93. The zero-order chi connectivity index (χ0) is 15.9. The molecule has 1 aromatic carbocycles. The lowest BCUT2D eigenvalue weighted by Gasteiger charge is -2.07. The molecule has 5 heteroatoms. The number of aryl methyl sites for hydroxylation is 3. The number of nitrogens with zero attached hydrogens (tertiary/aromatic N) is 2. The van der Waals surface area contributed by atoms with E-state index in [9.17, 15) is 4.79 Å². The molecule has 0 aliphatic heterocycles. The highest BCUT2D eigenvalue weighted by atomic mass is 16.1. The van der Waals surface area contributed by atoms with Gasteiger partial charge in [0.1, 0.15) is 0 Å². The Morgan fingerprint density at radius 3 is 2.55 bits per heavy atom. The quantitative estimate of drug-likeness (QED) is 0.769. The summed E-state index contributed by atoms with van der Waals surface area (Å²) < 4.78 is 2.05. The molecule has 0 unspecified atom stereocenters. The number of carbonyl (C=O) groups is 1. The summed E-state index contributed by atoms with van der Waals surface area (Å²) in [5, 5.41) is 10.5. The van der Waals surface area contributed by atoms with Gasteiger partial charge in [-0.15, -0.1) is 0 Å². The van der Waals surface area contributed by atoms with Crippen molar-refractivity contribution in [3.8, 4) is 0 Å². The molecule has 0 atom stereocenters. The first-order valence-electron chi connectivity index (χ1n) is 7.63. The minimum Gasteiger partial charge on any atom is -0.355 e. The second-order valence-electron chi connectivity index (χ2n) is 5.46. The van der Waals surface area contributed by atoms with Crippen molar-refractivity contribution >= 4 is 5.91 Å². The number of hydrogen-bond acceptors (Lipinski definition) is 3. The fourth-order valence-electron chi connectivity index (χ4n) is 2.41. The van der Waals surface area contributed by atoms with Crippen LogP contribution < -0.4 is 10.6 Å². The number of benzene rings is 1. The molecule has 2 N–H and O–H groups in total. The van der Waals surface area contributed by atoms with Crippen LogP contribution in [0.5, 0.6) is 0 Å². The van der Waals surface area contributed by atoms with E-state index in [1.54, 1.807) is 7.05 Å². The van der Waals surface area contributed by atoms with Crippen LogP contribution in [-0.2, 0) is 13.1 Å². The first-order valence-corrected chi connectivity index (χ1v) is 7.63. The van der Waals surface area contributed by atoms with Crippen molar-refractivity contribution in [2.24, 2.45) is 0 Å². The second kappa shape index (κ2) is 7.75. The van der Waals surface area contributed by atoms with Gasteiger partial charge in [0.15, 0.2) is 0 Å². The van der Waals surface area contributed by atoms with Crippen molar-refractivity contribution in [3.05, 3.63) is 52.8 Å². The molecule has 22 heavy (non-hydrogen) atoms. The molecule has 1 aromatic heterocycles. The molecule has 0 saturated carbocycles. The minimum absolute atomic E-state index is 0.0515. The van der Waals surface area contributed by atoms with Gasteiger partial charge < -0.3 is 10.6 Å². The highest BCUT2D eigenvalue weighted by Crippen LogP contribution is 2.05. The molecule has 0 fully saturated rings. The van der Waals surface area contributed by atoms with Gasteiger partial charge in [0, 0.05) is 31.4 Å². The lowest BCUT2D eigenvalue weighted by atomic mass is 10.1. The average Bonchev–Trinajstić information content (AvgIpc) is 2.84. The minimum atomic E-state index is -0.0515. The average molecular weight is 300 g/mol. The summed E-state index contributed by atoms with van der Waals surface area (Å²) in [4.78, 5) is 11.5. The van der Waals surface area contributed by atoms with Gasteiger partial charge in [-0.1, -0.05) is 12.1 Å². The van der Waals surface area contributed by atoms with E-state index in [-0.39, 0.29) is 5.91 Å². The van der Waals surface area contributed by atoms with Crippen LogP contribution in [0.15, 0.2) is 30.3 Å². The van der Waals surface area contributed by atoms with Gasteiger partial charge in [-0.2, -0.15) is 5.10 Å². The Morgan fingerprint density at radius 2 is 1.95 bits per heavy atom. The third-order valence-corrected chi connectivity index (χ3v) is 3.60. The van der Waals surface area contributed by atoms with Crippen molar-refractivity contribution in [1.29, 1.82) is 0 Å². The smallest absolute Gasteiger partial charge is 0.251 e. The molecule has 0 radical (unpaired) electrons. The molecule has 1 heterocycles. The lowest BCUT2D eigenvalue weighted by Crippen LogP contribution is -2.19. The van der Waals surface area contributed by atoms with E-state index in [2.05, 4.69) is 33.4 Å². The van der Waals surface area contributed by atoms with E-state index in [4.69, 9.17) is 0 Å². The molecular formula is C17H24N4O. The van der Waals surface area contributed by atoms with E-state index in [1.807, 2.05) is 31.2 Å². The number of amides is 1. The van der Waals surface area contributed by atoms with Crippen LogP contribution in [0.1, 0.15) is 33.7 Å². The summed E-state index contributed by atoms with van der Waals surface area (Å²) in [5.74, 6) is -0.0515. The summed E-state index contributed by atoms with van der Waals surface area (Å²) >= 11 is 0. The number of rotatable bonds is 7. The first kappa shape index (κ1) is 16.2. The zero-order valence-corrected chi connectivity index (χ0v) is 13.5. The maximum absolute atomic E-state index is 11.5. The van der Waals surface area contributed by atoms with E-state index in [0.29, 0.717) is 5.56 Å². The van der Waals surface area contributed by atoms with Crippen LogP contribution in [-0.4, -0.2) is 29.3 Å². The molecule has 2 rings (SSSR count). The third kappa shape index (κ3) is 4.43. The molecule has 0 aliphatic carbocycles. The van der Waals surface area contributed by atoms with Crippen LogP contribution in [0, 0.1) is 13.8 Å². The first-order chi connectivity index (χ1) is 10.6. The summed E-state index contributed by atoms with van der Waals surface area (Å²) in [6, 6.07) is 9.77. The van der Waals surface area contributed by atoms with Crippen molar-refractivity contribution in [2.75, 3.05) is 13.6 Å². The fraction of sp³-hybridized carbons (Fsp3) is 0.412. The Hall–Kier alpha value is -2.14. The Balaban J connectivity index is 1.70. The van der Waals surface area contributed by atoms with Crippen molar-refractivity contribution in [1.82, 2.24) is 20.4 Å². The molecule has 1 amide bonds. The molecule has 5 nitrogen and oxygen atoms in total. The topological polar surface area (TPSA) is 59.0 Å². The van der Waals surface area contributed by atoms with Gasteiger partial charge >= 0.3 is 0 Å². The Bertz CT molecular complexity index is 616. The van der Waals surface area contributed by atoms with Gasteiger partial charge in [-0.05, 0) is 50.6 Å². The predicted molar refractivity (Wildman–Crippen MR) is 87.9 cm³/mol. The van der Waals surface area contributed by atoms with Crippen LogP contribution in [0.2, 0.25) is 0 Å². The van der Waals surface area contributed by atoms with E-state index >= 15 is 0 Å². The van der Waals surface area contributed by atoms with Gasteiger partial charge in [0.05, 0.1) is 5.69 Å². The molecule has 0 saturated heterocycles. The van der Waals surface area contributed by atoms with E-state index < -0.39 is 0 Å². The highest BCUT2D eigenvalue weighted by Gasteiger charge is 2.02. The van der Waals surface area contributed by atoms with Gasteiger partial charge in [0.25, 0.3) is 5.91 Å². The summed E-state index contributed by atoms with van der Waals surface area (Å²) in [7, 11) is 1.64. The zero-order valence-electron chi connectivity index (χ0n) is 13.5. The Labute approximate surface area is 131 Å². The van der Waals surface area contributed by atoms with Crippen LogP contribution >= 0.6 is 0 Å².